The van der Waals surface area contributed by atoms with Crippen LogP contribution in [0.15, 0.2) is 30.7 Å². The summed E-state index contributed by atoms with van der Waals surface area (Å²) in [4.78, 5) is 4.31. The first-order chi connectivity index (χ1) is 11.2. The van der Waals surface area contributed by atoms with Gasteiger partial charge in [-0.2, -0.15) is 0 Å². The second kappa shape index (κ2) is 5.53. The summed E-state index contributed by atoms with van der Waals surface area (Å²) in [6, 6.07) is 4.43. The fourth-order valence-corrected chi connectivity index (χ4v) is 3.23. The number of imidazole rings is 1. The van der Waals surface area contributed by atoms with E-state index in [0.717, 1.165) is 35.7 Å². The molecule has 1 aromatic carbocycles. The third-order valence-electron chi connectivity index (χ3n) is 4.42. The molecule has 4 rings (SSSR count). The van der Waals surface area contributed by atoms with Gasteiger partial charge in [0.1, 0.15) is 11.4 Å². The van der Waals surface area contributed by atoms with Crippen LogP contribution in [0.25, 0.3) is 11.5 Å². The second-order valence-corrected chi connectivity index (χ2v) is 5.95. The largest absolute Gasteiger partial charge is 0.496 e. The zero-order valence-corrected chi connectivity index (χ0v) is 13.4. The van der Waals surface area contributed by atoms with E-state index in [1.807, 2.05) is 28.7 Å². The molecule has 0 saturated heterocycles. The minimum atomic E-state index is 0.647. The van der Waals surface area contributed by atoms with Gasteiger partial charge in [-0.15, -0.1) is 5.10 Å². The second-order valence-electron chi connectivity index (χ2n) is 5.95. The highest BCUT2D eigenvalue weighted by Crippen LogP contribution is 2.30. The van der Waals surface area contributed by atoms with Crippen LogP contribution < -0.4 is 4.74 Å². The van der Waals surface area contributed by atoms with Gasteiger partial charge in [0.05, 0.1) is 19.9 Å². The smallest absolute Gasteiger partial charge is 0.161 e. The first-order valence-electron chi connectivity index (χ1n) is 7.81. The number of nitrogens with zero attached hydrogens (tertiary/aromatic N) is 5. The zero-order valence-electron chi connectivity index (χ0n) is 13.4. The standard InChI is InChI=1S/C17H19N5O/c1-21-7-6-18-17(21)15-11-22(20-19-15)10-14-8-12-4-3-5-13(12)9-16(14)23-2/h6-9,11H,3-5,10H2,1-2H3. The summed E-state index contributed by atoms with van der Waals surface area (Å²) in [5.74, 6) is 1.75. The molecule has 6 heteroatoms. The Hall–Kier alpha value is -2.63. The monoisotopic (exact) mass is 309 g/mol. The van der Waals surface area contributed by atoms with Crippen molar-refractivity contribution in [2.45, 2.75) is 25.8 Å². The van der Waals surface area contributed by atoms with Crippen molar-refractivity contribution in [3.8, 4) is 17.3 Å². The fraction of sp³-hybridized carbons (Fsp3) is 0.353. The van der Waals surface area contributed by atoms with E-state index in [-0.39, 0.29) is 0 Å². The van der Waals surface area contributed by atoms with Gasteiger partial charge in [-0.05, 0) is 42.5 Å². The molecule has 3 aromatic rings. The number of hydrogen-bond acceptors (Lipinski definition) is 4. The van der Waals surface area contributed by atoms with Gasteiger partial charge in [0.15, 0.2) is 5.82 Å². The van der Waals surface area contributed by atoms with Gasteiger partial charge in [0, 0.05) is 25.0 Å². The zero-order chi connectivity index (χ0) is 15.8. The minimum absolute atomic E-state index is 0.647. The lowest BCUT2D eigenvalue weighted by atomic mass is 10.1. The number of rotatable bonds is 4. The van der Waals surface area contributed by atoms with Crippen LogP contribution in [0.4, 0.5) is 0 Å². The molecule has 23 heavy (non-hydrogen) atoms. The molecule has 0 spiro atoms. The summed E-state index contributed by atoms with van der Waals surface area (Å²) < 4.78 is 9.33. The predicted octanol–water partition coefficient (Wildman–Crippen LogP) is 2.22. The molecule has 0 radical (unpaired) electrons. The lowest BCUT2D eigenvalue weighted by Gasteiger charge is -2.11. The molecule has 0 fully saturated rings. The van der Waals surface area contributed by atoms with Crippen molar-refractivity contribution in [3.05, 3.63) is 47.4 Å². The van der Waals surface area contributed by atoms with E-state index in [2.05, 4.69) is 27.4 Å². The van der Waals surface area contributed by atoms with Gasteiger partial charge < -0.3 is 9.30 Å². The normalized spacial score (nSPS) is 13.3. The lowest BCUT2D eigenvalue weighted by molar-refractivity contribution is 0.406. The van der Waals surface area contributed by atoms with E-state index in [1.54, 1.807) is 13.3 Å². The molecule has 2 heterocycles. The summed E-state index contributed by atoms with van der Waals surface area (Å²) in [5, 5.41) is 8.47. The van der Waals surface area contributed by atoms with Crippen LogP contribution in [0.3, 0.4) is 0 Å². The van der Waals surface area contributed by atoms with Crippen molar-refractivity contribution < 1.29 is 4.74 Å². The number of methoxy groups -OCH3 is 1. The van der Waals surface area contributed by atoms with Crippen LogP contribution in [-0.2, 0) is 26.4 Å². The van der Waals surface area contributed by atoms with Crippen LogP contribution in [0.2, 0.25) is 0 Å². The molecule has 0 bridgehead atoms. The Labute approximate surface area is 134 Å². The number of ether oxygens (including phenoxy) is 1. The average molecular weight is 309 g/mol. The van der Waals surface area contributed by atoms with Gasteiger partial charge in [-0.1, -0.05) is 5.21 Å². The first kappa shape index (κ1) is 14.0. The molecule has 1 aliphatic rings. The van der Waals surface area contributed by atoms with Crippen LogP contribution in [0, 0.1) is 0 Å². The third kappa shape index (κ3) is 2.50. The number of benzene rings is 1. The molecule has 2 aromatic heterocycles. The molecule has 0 N–H and O–H groups in total. The summed E-state index contributed by atoms with van der Waals surface area (Å²) in [6.07, 6.45) is 9.13. The fourth-order valence-electron chi connectivity index (χ4n) is 3.23. The van der Waals surface area contributed by atoms with Crippen molar-refractivity contribution >= 4 is 0 Å². The molecule has 0 amide bonds. The van der Waals surface area contributed by atoms with E-state index >= 15 is 0 Å². The maximum atomic E-state index is 5.56. The van der Waals surface area contributed by atoms with Crippen molar-refractivity contribution in [2.24, 2.45) is 7.05 Å². The molecular weight excluding hydrogens is 290 g/mol. The maximum absolute atomic E-state index is 5.56. The van der Waals surface area contributed by atoms with E-state index < -0.39 is 0 Å². The summed E-state index contributed by atoms with van der Waals surface area (Å²) >= 11 is 0. The molecule has 0 atom stereocenters. The lowest BCUT2D eigenvalue weighted by Crippen LogP contribution is -2.04. The highest BCUT2D eigenvalue weighted by molar-refractivity contribution is 5.48. The first-order valence-corrected chi connectivity index (χ1v) is 7.81. The number of fused-ring (bicyclic) bond motifs is 1. The summed E-state index contributed by atoms with van der Waals surface area (Å²) in [6.45, 7) is 0.647. The Bertz CT molecular complexity index is 849. The Morgan fingerprint density at radius 1 is 1.22 bits per heavy atom. The van der Waals surface area contributed by atoms with Gasteiger partial charge in [-0.3, -0.25) is 0 Å². The van der Waals surface area contributed by atoms with Crippen molar-refractivity contribution in [2.75, 3.05) is 7.11 Å². The van der Waals surface area contributed by atoms with Crippen LogP contribution >= 0.6 is 0 Å². The van der Waals surface area contributed by atoms with Gasteiger partial charge in [-0.25, -0.2) is 9.67 Å². The van der Waals surface area contributed by atoms with Gasteiger partial charge in [0.2, 0.25) is 0 Å². The van der Waals surface area contributed by atoms with Crippen LogP contribution in [0.5, 0.6) is 5.75 Å². The SMILES string of the molecule is COc1cc2c(cc1Cn1cc(-c3nccn3C)nn1)CCC2. The molecule has 0 saturated carbocycles. The Morgan fingerprint density at radius 3 is 2.78 bits per heavy atom. The topological polar surface area (TPSA) is 57.8 Å². The molecule has 0 aliphatic heterocycles. The summed E-state index contributed by atoms with van der Waals surface area (Å²) in [5.41, 5.74) is 4.77. The highest BCUT2D eigenvalue weighted by Gasteiger charge is 2.16. The van der Waals surface area contributed by atoms with Crippen LogP contribution in [-0.4, -0.2) is 31.7 Å². The number of aryl methyl sites for hydroxylation is 3. The predicted molar refractivity (Wildman–Crippen MR) is 86.3 cm³/mol. The van der Waals surface area contributed by atoms with Gasteiger partial charge in [0.25, 0.3) is 0 Å². The third-order valence-corrected chi connectivity index (χ3v) is 4.42. The average Bonchev–Trinajstić information content (AvgIpc) is 3.26. The molecule has 6 nitrogen and oxygen atoms in total. The molecule has 1 aliphatic carbocycles. The van der Waals surface area contributed by atoms with Crippen molar-refractivity contribution in [1.82, 2.24) is 24.5 Å². The minimum Gasteiger partial charge on any atom is -0.496 e. The maximum Gasteiger partial charge on any atom is 0.161 e. The Kier molecular flexibility index (Phi) is 3.37. The summed E-state index contributed by atoms with van der Waals surface area (Å²) in [7, 11) is 3.67. The highest BCUT2D eigenvalue weighted by atomic mass is 16.5. The Balaban J connectivity index is 1.64. The quantitative estimate of drug-likeness (QED) is 0.741. The molecule has 0 unspecified atom stereocenters. The van der Waals surface area contributed by atoms with E-state index in [4.69, 9.17) is 4.74 Å². The van der Waals surface area contributed by atoms with E-state index in [0.29, 0.717) is 6.54 Å². The number of aromatic nitrogens is 5. The van der Waals surface area contributed by atoms with E-state index in [1.165, 1.54) is 17.5 Å². The number of hydrogen-bond donors (Lipinski definition) is 0. The molecule has 118 valence electrons. The van der Waals surface area contributed by atoms with Gasteiger partial charge >= 0.3 is 0 Å². The van der Waals surface area contributed by atoms with Crippen molar-refractivity contribution in [3.63, 3.8) is 0 Å². The molecular formula is C17H19N5O. The van der Waals surface area contributed by atoms with Crippen LogP contribution in [0.1, 0.15) is 23.1 Å². The Morgan fingerprint density at radius 2 is 2.04 bits per heavy atom. The van der Waals surface area contributed by atoms with Crippen molar-refractivity contribution in [1.29, 1.82) is 0 Å². The van der Waals surface area contributed by atoms with E-state index in [9.17, 15) is 0 Å².